The first-order valence-corrected chi connectivity index (χ1v) is 10.4. The fourth-order valence-electron chi connectivity index (χ4n) is 3.75. The number of guanidine groups is 1. The number of hydrogen-bond acceptors (Lipinski definition) is 2. The molecule has 3 aromatic rings. The third kappa shape index (κ3) is 5.53. The Hall–Kier alpha value is -2.10. The first kappa shape index (κ1) is 24.2. The van der Waals surface area contributed by atoms with Crippen molar-refractivity contribution in [1.82, 2.24) is 25.4 Å². The number of nitrogens with one attached hydrogen (secondary N) is 3. The minimum absolute atomic E-state index is 0. The molecule has 0 spiro atoms. The van der Waals surface area contributed by atoms with Gasteiger partial charge in [0.2, 0.25) is 0 Å². The molecule has 0 atom stereocenters. The van der Waals surface area contributed by atoms with Gasteiger partial charge in [0.25, 0.3) is 0 Å². The van der Waals surface area contributed by atoms with Gasteiger partial charge in [-0.2, -0.15) is 5.10 Å². The molecular formula is C22H32FIN6. The van der Waals surface area contributed by atoms with E-state index in [1.807, 2.05) is 24.0 Å². The lowest BCUT2D eigenvalue weighted by Crippen LogP contribution is -2.38. The van der Waals surface area contributed by atoms with Crippen LogP contribution in [0.4, 0.5) is 4.39 Å². The molecular weight excluding hydrogens is 494 g/mol. The van der Waals surface area contributed by atoms with Crippen LogP contribution >= 0.6 is 24.0 Å². The Morgan fingerprint density at radius 2 is 2.00 bits per heavy atom. The molecule has 0 aliphatic rings. The number of nitrogens with zero attached hydrogens (tertiary/aromatic N) is 3. The van der Waals surface area contributed by atoms with Crippen LogP contribution in [0.3, 0.4) is 0 Å². The van der Waals surface area contributed by atoms with Crippen molar-refractivity contribution in [3.8, 4) is 0 Å². The molecule has 30 heavy (non-hydrogen) atoms. The van der Waals surface area contributed by atoms with Crippen LogP contribution < -0.4 is 10.6 Å². The van der Waals surface area contributed by atoms with Crippen LogP contribution in [0.1, 0.15) is 43.3 Å². The molecule has 0 fully saturated rings. The highest BCUT2D eigenvalue weighted by Crippen LogP contribution is 2.19. The molecule has 0 saturated carbocycles. The molecule has 0 unspecified atom stereocenters. The van der Waals surface area contributed by atoms with E-state index in [4.69, 9.17) is 4.99 Å². The van der Waals surface area contributed by atoms with Crippen LogP contribution in [0.15, 0.2) is 29.4 Å². The van der Waals surface area contributed by atoms with Crippen molar-refractivity contribution in [2.45, 2.75) is 46.6 Å². The summed E-state index contributed by atoms with van der Waals surface area (Å²) in [6, 6.07) is 4.86. The Kier molecular flexibility index (Phi) is 9.13. The number of aromatic amines is 1. The van der Waals surface area contributed by atoms with Crippen LogP contribution in [0, 0.1) is 5.82 Å². The second-order valence-electron chi connectivity index (χ2n) is 7.08. The van der Waals surface area contributed by atoms with E-state index in [1.165, 1.54) is 23.4 Å². The summed E-state index contributed by atoms with van der Waals surface area (Å²) in [5.41, 5.74) is 5.59. The summed E-state index contributed by atoms with van der Waals surface area (Å²) in [4.78, 5) is 7.93. The Bertz CT molecular complexity index is 991. The molecule has 0 amide bonds. The zero-order valence-electron chi connectivity index (χ0n) is 18.2. The quantitative estimate of drug-likeness (QED) is 0.236. The number of aliphatic imine (C=N–C) groups is 1. The minimum atomic E-state index is -0.223. The highest BCUT2D eigenvalue weighted by molar-refractivity contribution is 14.0. The highest BCUT2D eigenvalue weighted by atomic mass is 127. The van der Waals surface area contributed by atoms with Gasteiger partial charge in [0, 0.05) is 48.5 Å². The van der Waals surface area contributed by atoms with Crippen molar-refractivity contribution in [1.29, 1.82) is 0 Å². The summed E-state index contributed by atoms with van der Waals surface area (Å²) in [7, 11) is 2.00. The molecule has 2 aromatic heterocycles. The molecule has 3 N–H and O–H groups in total. The van der Waals surface area contributed by atoms with E-state index in [2.05, 4.69) is 41.5 Å². The van der Waals surface area contributed by atoms with Gasteiger partial charge < -0.3 is 15.6 Å². The molecule has 164 valence electrons. The molecule has 0 radical (unpaired) electrons. The average molecular weight is 526 g/mol. The van der Waals surface area contributed by atoms with E-state index < -0.39 is 0 Å². The third-order valence-corrected chi connectivity index (χ3v) is 5.18. The average Bonchev–Trinajstić information content (AvgIpc) is 3.25. The largest absolute Gasteiger partial charge is 0.361 e. The van der Waals surface area contributed by atoms with Gasteiger partial charge in [-0.1, -0.05) is 13.8 Å². The van der Waals surface area contributed by atoms with E-state index >= 15 is 0 Å². The topological polar surface area (TPSA) is 70.0 Å². The summed E-state index contributed by atoms with van der Waals surface area (Å²) in [5, 5.41) is 12.4. The fourth-order valence-corrected chi connectivity index (χ4v) is 3.75. The maximum absolute atomic E-state index is 13.4. The van der Waals surface area contributed by atoms with Crippen LogP contribution in [0.25, 0.3) is 10.9 Å². The summed E-state index contributed by atoms with van der Waals surface area (Å²) in [5.74, 6) is 0.574. The smallest absolute Gasteiger partial charge is 0.191 e. The minimum Gasteiger partial charge on any atom is -0.361 e. The second kappa shape index (κ2) is 11.3. The van der Waals surface area contributed by atoms with Crippen molar-refractivity contribution in [2.24, 2.45) is 12.0 Å². The van der Waals surface area contributed by atoms with Crippen molar-refractivity contribution >= 4 is 40.8 Å². The zero-order chi connectivity index (χ0) is 20.8. The van der Waals surface area contributed by atoms with Crippen molar-refractivity contribution in [3.63, 3.8) is 0 Å². The van der Waals surface area contributed by atoms with Crippen LogP contribution in [0.5, 0.6) is 0 Å². The number of H-pyrrole nitrogens is 1. The standard InChI is InChI=1S/C22H31FN6.HI/c1-5-19-18(21(6-2)29(4)28-19)14-27-22(24-7-3)25-11-10-15-13-26-20-12-16(23)8-9-17(15)20;/h8-9,12-13,26H,5-7,10-11,14H2,1-4H3,(H2,24,25,27);1H. The zero-order valence-corrected chi connectivity index (χ0v) is 20.5. The maximum atomic E-state index is 13.4. The molecule has 1 aromatic carbocycles. The van der Waals surface area contributed by atoms with Gasteiger partial charge in [0.1, 0.15) is 5.82 Å². The van der Waals surface area contributed by atoms with E-state index in [-0.39, 0.29) is 29.8 Å². The van der Waals surface area contributed by atoms with Crippen LogP contribution in [0.2, 0.25) is 0 Å². The predicted octanol–water partition coefficient (Wildman–Crippen LogP) is 4.08. The van der Waals surface area contributed by atoms with E-state index in [9.17, 15) is 4.39 Å². The lowest BCUT2D eigenvalue weighted by molar-refractivity contribution is 0.629. The van der Waals surface area contributed by atoms with E-state index in [0.29, 0.717) is 6.54 Å². The lowest BCUT2D eigenvalue weighted by Gasteiger charge is -2.11. The SMILES string of the molecule is CCNC(=NCc1c(CC)nn(C)c1CC)NCCc1c[nH]c2cc(F)ccc12.I. The van der Waals surface area contributed by atoms with Crippen molar-refractivity contribution in [3.05, 3.63) is 52.7 Å². The second-order valence-corrected chi connectivity index (χ2v) is 7.08. The fraction of sp³-hybridized carbons (Fsp3) is 0.455. The number of halogens is 2. The predicted molar refractivity (Wildman–Crippen MR) is 132 cm³/mol. The lowest BCUT2D eigenvalue weighted by atomic mass is 10.1. The molecule has 8 heteroatoms. The highest BCUT2D eigenvalue weighted by Gasteiger charge is 2.13. The number of rotatable bonds is 8. The van der Waals surface area contributed by atoms with Gasteiger partial charge in [-0.3, -0.25) is 4.68 Å². The number of aromatic nitrogens is 3. The number of aryl methyl sites for hydroxylation is 2. The van der Waals surface area contributed by atoms with Gasteiger partial charge >= 0.3 is 0 Å². The first-order valence-electron chi connectivity index (χ1n) is 10.4. The molecule has 0 saturated heterocycles. The summed E-state index contributed by atoms with van der Waals surface area (Å²) >= 11 is 0. The Morgan fingerprint density at radius 3 is 2.70 bits per heavy atom. The Morgan fingerprint density at radius 1 is 1.20 bits per heavy atom. The molecule has 0 aliphatic carbocycles. The van der Waals surface area contributed by atoms with Gasteiger partial charge in [0.15, 0.2) is 5.96 Å². The summed E-state index contributed by atoms with van der Waals surface area (Å²) < 4.78 is 15.3. The van der Waals surface area contributed by atoms with Crippen molar-refractivity contribution < 1.29 is 4.39 Å². The summed E-state index contributed by atoms with van der Waals surface area (Å²) in [6.07, 6.45) is 4.62. The molecule has 2 heterocycles. The monoisotopic (exact) mass is 526 g/mol. The number of benzene rings is 1. The molecule has 6 nitrogen and oxygen atoms in total. The normalized spacial score (nSPS) is 11.6. The van der Waals surface area contributed by atoms with Gasteiger partial charge in [-0.25, -0.2) is 9.38 Å². The molecule has 0 bridgehead atoms. The summed E-state index contributed by atoms with van der Waals surface area (Å²) in [6.45, 7) is 8.50. The van der Waals surface area contributed by atoms with Gasteiger partial charge in [0.05, 0.1) is 12.2 Å². The van der Waals surface area contributed by atoms with Crippen LogP contribution in [-0.4, -0.2) is 33.8 Å². The van der Waals surface area contributed by atoms with Gasteiger partial charge in [-0.15, -0.1) is 24.0 Å². The molecule has 3 rings (SSSR count). The number of hydrogen-bond donors (Lipinski definition) is 3. The Balaban J connectivity index is 0.00000320. The number of fused-ring (bicyclic) bond motifs is 1. The maximum Gasteiger partial charge on any atom is 0.191 e. The molecule has 0 aliphatic heterocycles. The van der Waals surface area contributed by atoms with Crippen molar-refractivity contribution in [2.75, 3.05) is 13.1 Å². The third-order valence-electron chi connectivity index (χ3n) is 5.18. The van der Waals surface area contributed by atoms with Gasteiger partial charge in [-0.05, 0) is 49.9 Å². The van der Waals surface area contributed by atoms with E-state index in [1.54, 1.807) is 0 Å². The van der Waals surface area contributed by atoms with E-state index in [0.717, 1.165) is 60.5 Å². The first-order chi connectivity index (χ1) is 14.1. The Labute approximate surface area is 194 Å². The van der Waals surface area contributed by atoms with Crippen LogP contribution in [-0.2, 0) is 32.9 Å².